The monoisotopic (exact) mass is 174 g/mol. The summed E-state index contributed by atoms with van der Waals surface area (Å²) in [7, 11) is -0.0990. The quantitative estimate of drug-likeness (QED) is 0.581. The van der Waals surface area contributed by atoms with Gasteiger partial charge in [0, 0.05) is 33.3 Å². The molecule has 2 fully saturated rings. The zero-order valence-corrected chi connectivity index (χ0v) is 7.56. The molecule has 2 bridgehead atoms. The summed E-state index contributed by atoms with van der Waals surface area (Å²) in [5, 5.41) is 0. The van der Waals surface area contributed by atoms with Crippen LogP contribution in [-0.2, 0) is 9.73 Å². The Balaban J connectivity index is 2.27. The molecule has 1 N–H and O–H groups in total. The van der Waals surface area contributed by atoms with Crippen molar-refractivity contribution in [2.45, 2.75) is 24.9 Å². The highest BCUT2D eigenvalue weighted by Gasteiger charge is 2.39. The minimum Gasteiger partial charge on any atom is -0.299 e. The molecule has 2 aliphatic heterocycles. The Morgan fingerprint density at radius 2 is 1.82 bits per heavy atom. The number of nitrogens with one attached hydrogen (secondary N) is 1. The average Bonchev–Trinajstić information content (AvgIpc) is 2.19. The van der Waals surface area contributed by atoms with E-state index >= 15 is 0 Å². The number of rotatable bonds is 0. The van der Waals surface area contributed by atoms with Gasteiger partial charge in [-0.2, -0.15) is 0 Å². The standard InChI is InChI=1S/C7H14N2OS/c1-9-6-2-3-7(9)5-11(8,10)4-6/h6-8H,2-5H2,1H3. The molecular formula is C7H14N2OS. The first kappa shape index (κ1) is 7.55. The fourth-order valence-electron chi connectivity index (χ4n) is 2.18. The second-order valence-corrected chi connectivity index (χ2v) is 5.99. The van der Waals surface area contributed by atoms with Crippen molar-refractivity contribution in [3.8, 4) is 0 Å². The van der Waals surface area contributed by atoms with Gasteiger partial charge in [0.05, 0.1) is 0 Å². The van der Waals surface area contributed by atoms with Gasteiger partial charge in [-0.3, -0.25) is 9.68 Å². The molecule has 0 aromatic heterocycles. The Kier molecular flexibility index (Phi) is 1.51. The smallest absolute Gasteiger partial charge is 0.0472 e. The minimum absolute atomic E-state index is 0.443. The van der Waals surface area contributed by atoms with Crippen LogP contribution >= 0.6 is 0 Å². The molecule has 0 aliphatic carbocycles. The lowest BCUT2D eigenvalue weighted by Crippen LogP contribution is -2.45. The van der Waals surface area contributed by atoms with Crippen LogP contribution in [0.15, 0.2) is 0 Å². The Bertz CT molecular complexity index is 240. The van der Waals surface area contributed by atoms with E-state index in [-0.39, 0.29) is 0 Å². The molecule has 0 amide bonds. The molecule has 3 nitrogen and oxygen atoms in total. The summed E-state index contributed by atoms with van der Waals surface area (Å²) in [5.41, 5.74) is 0. The summed E-state index contributed by atoms with van der Waals surface area (Å²) >= 11 is 0. The van der Waals surface area contributed by atoms with Crippen molar-refractivity contribution in [3.05, 3.63) is 0 Å². The van der Waals surface area contributed by atoms with E-state index in [1.807, 2.05) is 0 Å². The van der Waals surface area contributed by atoms with Gasteiger partial charge >= 0.3 is 0 Å². The maximum Gasteiger partial charge on any atom is 0.0472 e. The van der Waals surface area contributed by atoms with Gasteiger partial charge in [0.15, 0.2) is 0 Å². The highest BCUT2D eigenvalue weighted by molar-refractivity contribution is 7.92. The lowest BCUT2D eigenvalue weighted by atomic mass is 10.2. The van der Waals surface area contributed by atoms with Crippen LogP contribution in [0.3, 0.4) is 0 Å². The van der Waals surface area contributed by atoms with Gasteiger partial charge in [-0.15, -0.1) is 0 Å². The van der Waals surface area contributed by atoms with Gasteiger partial charge in [0.25, 0.3) is 0 Å². The second kappa shape index (κ2) is 2.20. The molecule has 64 valence electrons. The highest BCUT2D eigenvalue weighted by Crippen LogP contribution is 2.29. The van der Waals surface area contributed by atoms with Crippen molar-refractivity contribution in [2.24, 2.45) is 0 Å². The summed E-state index contributed by atoms with van der Waals surface area (Å²) in [4.78, 5) is 2.30. The van der Waals surface area contributed by atoms with E-state index in [1.165, 1.54) is 0 Å². The second-order valence-electron chi connectivity index (χ2n) is 3.70. The first-order valence-electron chi connectivity index (χ1n) is 4.04. The number of nitrogens with zero attached hydrogens (tertiary/aromatic N) is 1. The number of fused-ring (bicyclic) bond motifs is 2. The molecule has 2 heterocycles. The fraction of sp³-hybridized carbons (Fsp3) is 1.00. The van der Waals surface area contributed by atoms with Gasteiger partial charge in [-0.25, -0.2) is 4.21 Å². The zero-order chi connectivity index (χ0) is 8.06. The third-order valence-electron chi connectivity index (χ3n) is 2.91. The van der Waals surface area contributed by atoms with Crippen LogP contribution in [0.1, 0.15) is 12.8 Å². The number of hydrogen-bond donors (Lipinski definition) is 1. The zero-order valence-electron chi connectivity index (χ0n) is 6.75. The molecule has 2 atom stereocenters. The van der Waals surface area contributed by atoms with Crippen molar-refractivity contribution < 1.29 is 4.21 Å². The van der Waals surface area contributed by atoms with E-state index in [0.29, 0.717) is 23.6 Å². The van der Waals surface area contributed by atoms with Crippen LogP contribution in [-0.4, -0.2) is 39.7 Å². The molecule has 0 saturated carbocycles. The van der Waals surface area contributed by atoms with E-state index in [0.717, 1.165) is 12.8 Å². The maximum absolute atomic E-state index is 11.5. The molecule has 2 unspecified atom stereocenters. The predicted octanol–water partition coefficient (Wildman–Crippen LogP) is 0.510. The molecule has 0 aromatic carbocycles. The van der Waals surface area contributed by atoms with Gasteiger partial charge in [-0.1, -0.05) is 0 Å². The van der Waals surface area contributed by atoms with Crippen molar-refractivity contribution in [1.82, 2.24) is 4.90 Å². The van der Waals surface area contributed by atoms with Crippen molar-refractivity contribution in [3.63, 3.8) is 0 Å². The van der Waals surface area contributed by atoms with Gasteiger partial charge in [0.2, 0.25) is 0 Å². The molecular weight excluding hydrogens is 160 g/mol. The molecule has 2 aliphatic rings. The summed E-state index contributed by atoms with van der Waals surface area (Å²) in [6.45, 7) is 0. The third-order valence-corrected chi connectivity index (χ3v) is 4.75. The lowest BCUT2D eigenvalue weighted by Gasteiger charge is -2.31. The van der Waals surface area contributed by atoms with Crippen molar-refractivity contribution in [1.29, 1.82) is 4.78 Å². The first-order chi connectivity index (χ1) is 5.08. The van der Waals surface area contributed by atoms with E-state index < -0.39 is 9.73 Å². The Morgan fingerprint density at radius 1 is 1.36 bits per heavy atom. The minimum atomic E-state index is -2.19. The predicted molar refractivity (Wildman–Crippen MR) is 45.2 cm³/mol. The van der Waals surface area contributed by atoms with Crippen LogP contribution in [0.5, 0.6) is 0 Å². The van der Waals surface area contributed by atoms with E-state index in [1.54, 1.807) is 0 Å². The normalized spacial score (nSPS) is 51.4. The highest BCUT2D eigenvalue weighted by atomic mass is 32.2. The molecule has 2 rings (SSSR count). The fourth-order valence-corrected chi connectivity index (χ4v) is 4.36. The average molecular weight is 174 g/mol. The molecule has 0 aromatic rings. The van der Waals surface area contributed by atoms with Crippen LogP contribution in [0.2, 0.25) is 0 Å². The topological polar surface area (TPSA) is 44.2 Å². The van der Waals surface area contributed by atoms with Crippen LogP contribution < -0.4 is 0 Å². The molecule has 0 radical (unpaired) electrons. The lowest BCUT2D eigenvalue weighted by molar-refractivity contribution is 0.261. The summed E-state index contributed by atoms with van der Waals surface area (Å²) in [6.07, 6.45) is 2.30. The van der Waals surface area contributed by atoms with Gasteiger partial charge < -0.3 is 0 Å². The first-order valence-corrected chi connectivity index (χ1v) is 5.94. The number of hydrogen-bond acceptors (Lipinski definition) is 3. The van der Waals surface area contributed by atoms with Crippen LogP contribution in [0, 0.1) is 4.78 Å². The molecule has 4 heteroatoms. The molecule has 0 spiro atoms. The maximum atomic E-state index is 11.5. The summed E-state index contributed by atoms with van der Waals surface area (Å²) < 4.78 is 19.0. The summed E-state index contributed by atoms with van der Waals surface area (Å²) in [5.74, 6) is 1.22. The van der Waals surface area contributed by atoms with Gasteiger partial charge in [0.1, 0.15) is 0 Å². The SMILES string of the molecule is CN1C2CCC1CS(=N)(=O)C2. The Morgan fingerprint density at radius 3 is 2.27 bits per heavy atom. The van der Waals surface area contributed by atoms with Gasteiger partial charge in [-0.05, 0) is 19.9 Å². The van der Waals surface area contributed by atoms with Crippen LogP contribution in [0.25, 0.3) is 0 Å². The van der Waals surface area contributed by atoms with E-state index in [4.69, 9.17) is 4.78 Å². The Labute approximate surface area is 67.7 Å². The van der Waals surface area contributed by atoms with Crippen molar-refractivity contribution >= 4 is 9.73 Å². The van der Waals surface area contributed by atoms with Crippen LogP contribution in [0.4, 0.5) is 0 Å². The van der Waals surface area contributed by atoms with E-state index in [9.17, 15) is 4.21 Å². The third kappa shape index (κ3) is 1.18. The molecule has 11 heavy (non-hydrogen) atoms. The summed E-state index contributed by atoms with van der Waals surface area (Å²) in [6, 6.07) is 0.887. The van der Waals surface area contributed by atoms with E-state index in [2.05, 4.69) is 11.9 Å². The van der Waals surface area contributed by atoms with Crippen molar-refractivity contribution in [2.75, 3.05) is 18.6 Å². The largest absolute Gasteiger partial charge is 0.299 e. The molecule has 2 saturated heterocycles. The Hall–Kier alpha value is -0.0900.